The van der Waals surface area contributed by atoms with Crippen LogP contribution in [0, 0.1) is 0 Å². The third kappa shape index (κ3) is 1.97. The van der Waals surface area contributed by atoms with Gasteiger partial charge in [-0.05, 0) is 0 Å². The van der Waals surface area contributed by atoms with Gasteiger partial charge in [-0.15, -0.1) is 0 Å². The predicted molar refractivity (Wildman–Crippen MR) is 40.7 cm³/mol. The van der Waals surface area contributed by atoms with Crippen LogP contribution >= 0.6 is 0 Å². The van der Waals surface area contributed by atoms with Crippen molar-refractivity contribution in [1.29, 1.82) is 0 Å². The lowest BCUT2D eigenvalue weighted by molar-refractivity contribution is -0.217. The zero-order valence-electron chi connectivity index (χ0n) is 6.87. The van der Waals surface area contributed by atoms with Gasteiger partial charge in [0.2, 0.25) is 0 Å². The number of ether oxygens (including phenoxy) is 1. The van der Waals surface area contributed by atoms with E-state index in [1.165, 1.54) is 0 Å². The van der Waals surface area contributed by atoms with Gasteiger partial charge in [0.15, 0.2) is 0 Å². The van der Waals surface area contributed by atoms with E-state index in [4.69, 9.17) is 20.8 Å². The van der Waals surface area contributed by atoms with E-state index in [1.54, 1.807) is 5.48 Å². The second kappa shape index (κ2) is 4.29. The summed E-state index contributed by atoms with van der Waals surface area (Å²) >= 11 is 0. The van der Waals surface area contributed by atoms with Gasteiger partial charge in [-0.25, -0.2) is 0 Å². The van der Waals surface area contributed by atoms with Crippen LogP contribution in [0.3, 0.4) is 0 Å². The molecule has 1 heterocycles. The highest BCUT2D eigenvalue weighted by Crippen LogP contribution is 2.17. The lowest BCUT2D eigenvalue weighted by Gasteiger charge is -2.39. The molecule has 7 nitrogen and oxygen atoms in total. The summed E-state index contributed by atoms with van der Waals surface area (Å²) in [6.07, 6.45) is -4.42. The molecule has 0 spiro atoms. The highest BCUT2D eigenvalue weighted by molar-refractivity contribution is 4.92. The molecule has 0 amide bonds. The zero-order valence-corrected chi connectivity index (χ0v) is 6.87. The van der Waals surface area contributed by atoms with E-state index < -0.39 is 37.2 Å². The molecule has 1 rings (SSSR count). The van der Waals surface area contributed by atoms with Gasteiger partial charge in [0.1, 0.15) is 24.5 Å². The Labute approximate surface area is 74.7 Å². The number of aliphatic hydroxyl groups is 3. The molecule has 1 fully saturated rings. The van der Waals surface area contributed by atoms with Gasteiger partial charge in [0, 0.05) is 0 Å². The molecule has 0 aromatic carbocycles. The van der Waals surface area contributed by atoms with Crippen molar-refractivity contribution in [2.45, 2.75) is 30.6 Å². The number of rotatable bonds is 2. The highest BCUT2D eigenvalue weighted by atomic mass is 16.6. The fourth-order valence-electron chi connectivity index (χ4n) is 1.25. The van der Waals surface area contributed by atoms with Crippen LogP contribution in [0.2, 0.25) is 0 Å². The maximum absolute atomic E-state index is 9.33. The van der Waals surface area contributed by atoms with Crippen molar-refractivity contribution >= 4 is 0 Å². The van der Waals surface area contributed by atoms with Crippen LogP contribution in [-0.4, -0.2) is 57.7 Å². The average Bonchev–Trinajstić information content (AvgIpc) is 2.15. The van der Waals surface area contributed by atoms with E-state index in [9.17, 15) is 10.2 Å². The number of aliphatic hydroxyl groups excluding tert-OH is 3. The van der Waals surface area contributed by atoms with Crippen LogP contribution in [0.1, 0.15) is 0 Å². The average molecular weight is 194 g/mol. The smallest absolute Gasteiger partial charge is 0.148 e. The van der Waals surface area contributed by atoms with Gasteiger partial charge in [-0.2, -0.15) is 5.48 Å². The molecule has 0 unspecified atom stereocenters. The van der Waals surface area contributed by atoms with Crippen molar-refractivity contribution in [3.05, 3.63) is 0 Å². The standard InChI is InChI=1S/C6H14N2O5/c7-3-5(11)4(10)2(1-9)13-6(3)8-12/h2-6,8-12H,1,7H2/t2-,3-,4+,5+,6+/m0/s1. The molecule has 0 aliphatic carbocycles. The Morgan fingerprint density at radius 3 is 2.38 bits per heavy atom. The van der Waals surface area contributed by atoms with Crippen LogP contribution in [0.5, 0.6) is 0 Å². The summed E-state index contributed by atoms with van der Waals surface area (Å²) in [5.41, 5.74) is 7.14. The van der Waals surface area contributed by atoms with Gasteiger partial charge in [-0.3, -0.25) is 0 Å². The summed E-state index contributed by atoms with van der Waals surface area (Å²) < 4.78 is 4.93. The summed E-state index contributed by atoms with van der Waals surface area (Å²) in [5.74, 6) is 0. The fraction of sp³-hybridized carbons (Fsp3) is 1.00. The molecule has 7 N–H and O–H groups in total. The van der Waals surface area contributed by atoms with E-state index in [2.05, 4.69) is 0 Å². The van der Waals surface area contributed by atoms with E-state index in [0.717, 1.165) is 0 Å². The molecule has 0 aromatic heterocycles. The Kier molecular flexibility index (Phi) is 3.56. The van der Waals surface area contributed by atoms with Crippen LogP contribution in [0.15, 0.2) is 0 Å². The van der Waals surface area contributed by atoms with Crippen molar-refractivity contribution in [3.8, 4) is 0 Å². The first kappa shape index (κ1) is 10.8. The lowest BCUT2D eigenvalue weighted by atomic mass is 9.97. The monoisotopic (exact) mass is 194 g/mol. The van der Waals surface area contributed by atoms with E-state index >= 15 is 0 Å². The molecular formula is C6H14N2O5. The molecule has 0 aromatic rings. The van der Waals surface area contributed by atoms with Gasteiger partial charge in [0.05, 0.1) is 12.6 Å². The second-order valence-corrected chi connectivity index (χ2v) is 2.97. The van der Waals surface area contributed by atoms with Crippen LogP contribution < -0.4 is 11.2 Å². The fourth-order valence-corrected chi connectivity index (χ4v) is 1.25. The lowest BCUT2D eigenvalue weighted by Crippen LogP contribution is -2.65. The molecule has 0 bridgehead atoms. The van der Waals surface area contributed by atoms with E-state index in [-0.39, 0.29) is 0 Å². The van der Waals surface area contributed by atoms with E-state index in [1.807, 2.05) is 0 Å². The summed E-state index contributed by atoms with van der Waals surface area (Å²) in [7, 11) is 0. The maximum Gasteiger partial charge on any atom is 0.148 e. The minimum absolute atomic E-state index is 0.455. The Balaban J connectivity index is 2.66. The van der Waals surface area contributed by atoms with Crippen LogP contribution in [0.4, 0.5) is 0 Å². The largest absolute Gasteiger partial charge is 0.394 e. The first-order valence-electron chi connectivity index (χ1n) is 3.89. The normalized spacial score (nSPS) is 46.4. The van der Waals surface area contributed by atoms with Crippen molar-refractivity contribution in [1.82, 2.24) is 5.48 Å². The number of hydroxylamine groups is 1. The molecule has 5 atom stereocenters. The minimum Gasteiger partial charge on any atom is -0.394 e. The van der Waals surface area contributed by atoms with Gasteiger partial charge in [0.25, 0.3) is 0 Å². The first-order valence-corrected chi connectivity index (χ1v) is 3.89. The third-order valence-electron chi connectivity index (χ3n) is 2.10. The quantitative estimate of drug-likeness (QED) is 0.254. The summed E-state index contributed by atoms with van der Waals surface area (Å²) in [6, 6.07) is -0.942. The Hall–Kier alpha value is -0.280. The van der Waals surface area contributed by atoms with Crippen molar-refractivity contribution in [3.63, 3.8) is 0 Å². The minimum atomic E-state index is -1.25. The molecular weight excluding hydrogens is 180 g/mol. The van der Waals surface area contributed by atoms with E-state index in [0.29, 0.717) is 0 Å². The summed E-state index contributed by atoms with van der Waals surface area (Å²) in [5, 5.41) is 35.9. The summed E-state index contributed by atoms with van der Waals surface area (Å²) in [4.78, 5) is 0. The summed E-state index contributed by atoms with van der Waals surface area (Å²) in [6.45, 7) is -0.455. The number of hydrogen-bond donors (Lipinski definition) is 6. The first-order chi connectivity index (χ1) is 6.11. The second-order valence-electron chi connectivity index (χ2n) is 2.97. The van der Waals surface area contributed by atoms with Gasteiger partial charge >= 0.3 is 0 Å². The Morgan fingerprint density at radius 2 is 1.92 bits per heavy atom. The zero-order chi connectivity index (χ0) is 10.0. The van der Waals surface area contributed by atoms with Gasteiger partial charge in [-0.1, -0.05) is 0 Å². The van der Waals surface area contributed by atoms with Crippen molar-refractivity contribution in [2.24, 2.45) is 5.73 Å². The molecule has 0 radical (unpaired) electrons. The molecule has 7 heteroatoms. The predicted octanol–water partition coefficient (Wildman–Crippen LogP) is -3.27. The van der Waals surface area contributed by atoms with Crippen molar-refractivity contribution < 1.29 is 25.3 Å². The highest BCUT2D eigenvalue weighted by Gasteiger charge is 2.42. The number of nitrogens with one attached hydrogen (secondary N) is 1. The Bertz CT molecular complexity index is 149. The maximum atomic E-state index is 9.33. The molecule has 13 heavy (non-hydrogen) atoms. The number of hydrogen-bond acceptors (Lipinski definition) is 7. The topological polar surface area (TPSA) is 128 Å². The molecule has 1 aliphatic heterocycles. The molecule has 1 aliphatic rings. The Morgan fingerprint density at radius 1 is 1.31 bits per heavy atom. The third-order valence-corrected chi connectivity index (χ3v) is 2.10. The SMILES string of the molecule is N[C@H]1[C@@H](O)[C@H](O)[C@H](CO)O[C@H]1NO. The van der Waals surface area contributed by atoms with Crippen LogP contribution in [-0.2, 0) is 4.74 Å². The molecule has 1 saturated heterocycles. The van der Waals surface area contributed by atoms with Gasteiger partial charge < -0.3 is 31.0 Å². The van der Waals surface area contributed by atoms with Crippen LogP contribution in [0.25, 0.3) is 0 Å². The molecule has 78 valence electrons. The van der Waals surface area contributed by atoms with Crippen molar-refractivity contribution in [2.75, 3.05) is 6.61 Å². The molecule has 0 saturated carbocycles. The number of nitrogens with two attached hydrogens (primary N) is 1.